The van der Waals surface area contributed by atoms with Crippen LogP contribution < -0.4 is 15.8 Å². The van der Waals surface area contributed by atoms with Crippen molar-refractivity contribution in [2.24, 2.45) is 0 Å². The van der Waals surface area contributed by atoms with E-state index in [1.54, 1.807) is 36.1 Å². The number of nitrogens with zero attached hydrogens (tertiary/aromatic N) is 2. The second-order valence-electron chi connectivity index (χ2n) is 7.96. The second-order valence-corrected chi connectivity index (χ2v) is 7.96. The number of hydrogen-bond donors (Lipinski definition) is 4. The average Bonchev–Trinajstić information content (AvgIpc) is 2.81. The third-order valence-electron chi connectivity index (χ3n) is 5.36. The van der Waals surface area contributed by atoms with Gasteiger partial charge < -0.3 is 25.4 Å². The molecule has 0 aliphatic rings. The minimum absolute atomic E-state index is 0.0718. The number of carbonyl (C=O) groups excluding carboxylic acids is 1. The lowest BCUT2D eigenvalue weighted by molar-refractivity contribution is -0.140. The summed E-state index contributed by atoms with van der Waals surface area (Å²) in [5, 5.41) is 20.7. The number of aromatic nitrogens is 2. The number of halogens is 1. The summed E-state index contributed by atoms with van der Waals surface area (Å²) in [5.41, 5.74) is 1.87. The van der Waals surface area contributed by atoms with Gasteiger partial charge in [0.05, 0.1) is 10.9 Å². The van der Waals surface area contributed by atoms with Crippen molar-refractivity contribution < 1.29 is 29.0 Å². The Morgan fingerprint density at radius 2 is 1.86 bits per heavy atom. The lowest BCUT2D eigenvalue weighted by atomic mass is 10.1. The third-order valence-corrected chi connectivity index (χ3v) is 5.36. The van der Waals surface area contributed by atoms with Gasteiger partial charge in [0.25, 0.3) is 11.5 Å². The van der Waals surface area contributed by atoms with E-state index in [0.717, 1.165) is 5.56 Å². The van der Waals surface area contributed by atoms with E-state index in [1.807, 2.05) is 6.07 Å². The van der Waals surface area contributed by atoms with Crippen molar-refractivity contribution in [3.05, 3.63) is 69.8 Å². The van der Waals surface area contributed by atoms with Gasteiger partial charge in [-0.15, -0.1) is 0 Å². The quantitative estimate of drug-likeness (QED) is 0.323. The van der Waals surface area contributed by atoms with E-state index in [1.165, 1.54) is 12.1 Å². The van der Waals surface area contributed by atoms with E-state index in [0.29, 0.717) is 29.0 Å². The highest BCUT2D eigenvalue weighted by Crippen LogP contribution is 2.20. The highest BCUT2D eigenvalue weighted by molar-refractivity contribution is 5.97. The van der Waals surface area contributed by atoms with Crippen LogP contribution in [-0.2, 0) is 16.1 Å². The van der Waals surface area contributed by atoms with Crippen LogP contribution in [0, 0.1) is 6.92 Å². The molecule has 0 saturated carbocycles. The number of benzene rings is 2. The molecule has 1 heterocycles. The predicted octanol–water partition coefficient (Wildman–Crippen LogP) is 2.26. The summed E-state index contributed by atoms with van der Waals surface area (Å²) < 4.78 is 13.3. The van der Waals surface area contributed by atoms with Gasteiger partial charge in [-0.1, -0.05) is 6.07 Å². The van der Waals surface area contributed by atoms with Crippen molar-refractivity contribution in [2.45, 2.75) is 32.4 Å². The van der Waals surface area contributed by atoms with Crippen LogP contribution in [0.1, 0.15) is 34.6 Å². The molecule has 0 spiro atoms. The molecule has 3 aromatic rings. The third kappa shape index (κ3) is 6.62. The molecule has 0 unspecified atom stereocenters. The molecule has 2 aromatic carbocycles. The number of carbonyl (C=O) groups is 3. The van der Waals surface area contributed by atoms with Crippen LogP contribution in [0.4, 0.5) is 10.1 Å². The molecule has 184 valence electrons. The molecule has 0 bridgehead atoms. The predicted molar refractivity (Wildman–Crippen MR) is 126 cm³/mol. The monoisotopic (exact) mass is 484 g/mol. The van der Waals surface area contributed by atoms with Crippen LogP contribution in [0.2, 0.25) is 0 Å². The lowest BCUT2D eigenvalue weighted by Crippen LogP contribution is -2.41. The molecule has 1 atom stereocenters. The Labute approximate surface area is 199 Å². The zero-order valence-corrected chi connectivity index (χ0v) is 19.0. The molecular weight excluding hydrogens is 459 g/mol. The number of fused-ring (bicyclic) bond motifs is 1. The van der Waals surface area contributed by atoms with Crippen molar-refractivity contribution in [2.75, 3.05) is 18.1 Å². The Bertz CT molecular complexity index is 1290. The number of hydrogen-bond acceptors (Lipinski definition) is 6. The number of anilines is 1. The topological polar surface area (TPSA) is 153 Å². The van der Waals surface area contributed by atoms with Crippen molar-refractivity contribution in [3.63, 3.8) is 0 Å². The van der Waals surface area contributed by atoms with Crippen molar-refractivity contribution in [1.29, 1.82) is 0 Å². The Hall–Kier alpha value is -4.28. The van der Waals surface area contributed by atoms with Gasteiger partial charge in [0.1, 0.15) is 18.5 Å². The largest absolute Gasteiger partial charge is 0.481 e. The van der Waals surface area contributed by atoms with E-state index in [4.69, 9.17) is 5.11 Å². The average molecular weight is 484 g/mol. The van der Waals surface area contributed by atoms with Gasteiger partial charge in [0.15, 0.2) is 0 Å². The summed E-state index contributed by atoms with van der Waals surface area (Å²) in [4.78, 5) is 55.4. The molecule has 0 aliphatic heterocycles. The highest BCUT2D eigenvalue weighted by atomic mass is 19.1. The first-order valence-electron chi connectivity index (χ1n) is 10.8. The fourth-order valence-electron chi connectivity index (χ4n) is 3.61. The van der Waals surface area contributed by atoms with Gasteiger partial charge in [0, 0.05) is 30.8 Å². The van der Waals surface area contributed by atoms with Gasteiger partial charge in [-0.3, -0.25) is 14.4 Å². The van der Waals surface area contributed by atoms with Crippen molar-refractivity contribution in [3.8, 4) is 0 Å². The van der Waals surface area contributed by atoms with Crippen LogP contribution >= 0.6 is 0 Å². The molecule has 11 heteroatoms. The molecule has 10 nitrogen and oxygen atoms in total. The second kappa shape index (κ2) is 11.2. The first-order valence-corrected chi connectivity index (χ1v) is 10.8. The van der Waals surface area contributed by atoms with Crippen molar-refractivity contribution in [1.82, 2.24) is 15.3 Å². The normalized spacial score (nSPS) is 11.7. The number of alkyl halides is 1. The first kappa shape index (κ1) is 25.3. The van der Waals surface area contributed by atoms with Gasteiger partial charge in [-0.25, -0.2) is 14.2 Å². The summed E-state index contributed by atoms with van der Waals surface area (Å²) in [5.74, 6) is -2.65. The number of rotatable bonds is 11. The zero-order chi connectivity index (χ0) is 25.5. The summed E-state index contributed by atoms with van der Waals surface area (Å²) in [6, 6.07) is 10.1. The number of aliphatic carboxylic acids is 2. The fourth-order valence-corrected chi connectivity index (χ4v) is 3.61. The molecule has 4 N–H and O–H groups in total. The zero-order valence-electron chi connectivity index (χ0n) is 19.0. The van der Waals surface area contributed by atoms with Crippen LogP contribution in [-0.4, -0.2) is 57.3 Å². The molecule has 1 amide bonds. The van der Waals surface area contributed by atoms with E-state index >= 15 is 0 Å². The summed E-state index contributed by atoms with van der Waals surface area (Å²) in [6.07, 6.45) is -0.646. The number of aryl methyl sites for hydroxylation is 1. The Balaban J connectivity index is 1.75. The standard InChI is InChI=1S/C24H25FN4O6/c1-14-26-19-7-2-15(12-18(19)23(33)27-14)13-29(11-10-25)17-5-3-16(4-6-17)22(32)28-20(24(34)35)8-9-21(30)31/h2-7,12,20H,8-11,13H2,1H3,(H,28,32)(H,30,31)(H,34,35)(H,26,27,33)/t20-/m0/s1. The Morgan fingerprint density at radius 1 is 1.14 bits per heavy atom. The van der Waals surface area contributed by atoms with Gasteiger partial charge >= 0.3 is 11.9 Å². The summed E-state index contributed by atoms with van der Waals surface area (Å²) >= 11 is 0. The minimum atomic E-state index is -1.34. The summed E-state index contributed by atoms with van der Waals surface area (Å²) in [6.45, 7) is 1.44. The fraction of sp³-hybridized carbons (Fsp3) is 0.292. The smallest absolute Gasteiger partial charge is 0.326 e. The SMILES string of the molecule is Cc1nc2ccc(CN(CCF)c3ccc(C(=O)N[C@@H](CCC(=O)O)C(=O)O)cc3)cc2c(=O)[nH]1. The van der Waals surface area contributed by atoms with E-state index < -0.39 is 37.0 Å². The van der Waals surface area contributed by atoms with Crippen molar-refractivity contribution >= 4 is 34.4 Å². The molecule has 0 aliphatic carbocycles. The maximum Gasteiger partial charge on any atom is 0.326 e. The molecule has 0 saturated heterocycles. The number of aromatic amines is 1. The van der Waals surface area contributed by atoms with E-state index in [2.05, 4.69) is 15.3 Å². The van der Waals surface area contributed by atoms with Gasteiger partial charge in [-0.05, 0) is 55.3 Å². The highest BCUT2D eigenvalue weighted by Gasteiger charge is 2.22. The molecule has 3 rings (SSSR count). The number of carboxylic acid groups (broad SMARTS) is 2. The molecule has 0 radical (unpaired) electrons. The molecule has 35 heavy (non-hydrogen) atoms. The Kier molecular flexibility index (Phi) is 8.13. The summed E-state index contributed by atoms with van der Waals surface area (Å²) in [7, 11) is 0. The molecule has 1 aromatic heterocycles. The maximum absolute atomic E-state index is 13.3. The first-order chi connectivity index (χ1) is 16.7. The molecule has 0 fully saturated rings. The van der Waals surface area contributed by atoms with Crippen LogP contribution in [0.25, 0.3) is 10.9 Å². The maximum atomic E-state index is 13.3. The van der Waals surface area contributed by atoms with E-state index in [9.17, 15) is 28.7 Å². The van der Waals surface area contributed by atoms with Crippen LogP contribution in [0.3, 0.4) is 0 Å². The van der Waals surface area contributed by atoms with Gasteiger partial charge in [-0.2, -0.15) is 0 Å². The minimum Gasteiger partial charge on any atom is -0.481 e. The number of nitrogens with one attached hydrogen (secondary N) is 2. The van der Waals surface area contributed by atoms with E-state index in [-0.39, 0.29) is 24.1 Å². The Morgan fingerprint density at radius 3 is 2.49 bits per heavy atom. The van der Waals surface area contributed by atoms with Gasteiger partial charge in [0.2, 0.25) is 0 Å². The van der Waals surface area contributed by atoms with Crippen LogP contribution in [0.15, 0.2) is 47.3 Å². The number of carboxylic acids is 2. The van der Waals surface area contributed by atoms with Crippen LogP contribution in [0.5, 0.6) is 0 Å². The number of H-pyrrole nitrogens is 1. The lowest BCUT2D eigenvalue weighted by Gasteiger charge is -2.24. The molecular formula is C24H25FN4O6. The number of amides is 1.